The standard InChI is InChI=1S/C8H9NO3.Na/c9-6-3-1-2-5(4-6)7(10)8(11)12;/h1-4,7,10H,9H2,(H,11,12);/q;+1/p-1/t7-;/m1./s1. The van der Waals surface area contributed by atoms with E-state index in [0.717, 1.165) is 0 Å². The SMILES string of the molecule is Nc1cccc([C@@H](O)C(=O)[O-])c1.[Na+]. The molecular formula is C8H8NNaO3. The zero-order valence-electron chi connectivity index (χ0n) is 7.23. The van der Waals surface area contributed by atoms with Gasteiger partial charge in [-0.05, 0) is 17.7 Å². The molecule has 0 aliphatic rings. The van der Waals surface area contributed by atoms with Gasteiger partial charge in [-0.1, -0.05) is 12.1 Å². The van der Waals surface area contributed by atoms with Crippen LogP contribution in [0.2, 0.25) is 0 Å². The fourth-order valence-corrected chi connectivity index (χ4v) is 0.865. The van der Waals surface area contributed by atoms with E-state index in [0.29, 0.717) is 5.69 Å². The molecule has 1 aromatic carbocycles. The Morgan fingerprint density at radius 3 is 2.62 bits per heavy atom. The quantitative estimate of drug-likeness (QED) is 0.367. The van der Waals surface area contributed by atoms with Gasteiger partial charge in [0.25, 0.3) is 0 Å². The topological polar surface area (TPSA) is 86.4 Å². The van der Waals surface area contributed by atoms with Crippen LogP contribution >= 0.6 is 0 Å². The maximum Gasteiger partial charge on any atom is 1.00 e. The van der Waals surface area contributed by atoms with E-state index in [2.05, 4.69) is 0 Å². The Balaban J connectivity index is 0.00000144. The van der Waals surface area contributed by atoms with Gasteiger partial charge in [0, 0.05) is 5.69 Å². The van der Waals surface area contributed by atoms with Gasteiger partial charge in [-0.25, -0.2) is 0 Å². The van der Waals surface area contributed by atoms with Crippen LogP contribution in [0.25, 0.3) is 0 Å². The molecule has 1 aromatic rings. The average Bonchev–Trinajstić information content (AvgIpc) is 2.03. The Morgan fingerprint density at radius 2 is 2.15 bits per heavy atom. The summed E-state index contributed by atoms with van der Waals surface area (Å²) in [5, 5.41) is 19.2. The number of carboxylic acid groups (broad SMARTS) is 1. The molecule has 1 rings (SSSR count). The molecule has 0 aromatic heterocycles. The van der Waals surface area contributed by atoms with Crippen molar-refractivity contribution in [1.82, 2.24) is 0 Å². The third-order valence-corrected chi connectivity index (χ3v) is 1.45. The second-order valence-electron chi connectivity index (χ2n) is 2.39. The predicted molar refractivity (Wildman–Crippen MR) is 40.8 cm³/mol. The molecule has 0 aliphatic carbocycles. The summed E-state index contributed by atoms with van der Waals surface area (Å²) in [6.07, 6.45) is -1.60. The van der Waals surface area contributed by atoms with Gasteiger partial charge in [-0.2, -0.15) is 0 Å². The second kappa shape index (κ2) is 5.24. The Labute approximate surface area is 97.7 Å². The summed E-state index contributed by atoms with van der Waals surface area (Å²) in [4.78, 5) is 10.2. The number of aliphatic hydroxyl groups is 1. The largest absolute Gasteiger partial charge is 1.00 e. The van der Waals surface area contributed by atoms with Gasteiger partial charge >= 0.3 is 29.6 Å². The number of benzene rings is 1. The molecule has 0 saturated carbocycles. The fourth-order valence-electron chi connectivity index (χ4n) is 0.865. The minimum absolute atomic E-state index is 0. The molecule has 0 saturated heterocycles. The van der Waals surface area contributed by atoms with Gasteiger partial charge in [-0.3, -0.25) is 0 Å². The van der Waals surface area contributed by atoms with Crippen LogP contribution in [0.3, 0.4) is 0 Å². The van der Waals surface area contributed by atoms with E-state index in [1.165, 1.54) is 12.1 Å². The van der Waals surface area contributed by atoms with Gasteiger partial charge in [-0.15, -0.1) is 0 Å². The first-order valence-corrected chi connectivity index (χ1v) is 3.35. The van der Waals surface area contributed by atoms with Gasteiger partial charge < -0.3 is 20.7 Å². The predicted octanol–water partition coefficient (Wildman–Crippen LogP) is -3.94. The maximum absolute atomic E-state index is 10.2. The van der Waals surface area contributed by atoms with E-state index in [9.17, 15) is 9.90 Å². The van der Waals surface area contributed by atoms with E-state index >= 15 is 0 Å². The van der Waals surface area contributed by atoms with Crippen LogP contribution in [-0.2, 0) is 4.79 Å². The molecule has 0 bridgehead atoms. The number of carbonyl (C=O) groups excluding carboxylic acids is 1. The second-order valence-corrected chi connectivity index (χ2v) is 2.39. The van der Waals surface area contributed by atoms with Gasteiger partial charge in [0.2, 0.25) is 0 Å². The number of carboxylic acids is 1. The zero-order valence-corrected chi connectivity index (χ0v) is 9.23. The molecule has 13 heavy (non-hydrogen) atoms. The van der Waals surface area contributed by atoms with Crippen LogP contribution in [0.4, 0.5) is 5.69 Å². The minimum Gasteiger partial charge on any atom is -0.547 e. The number of hydrogen-bond acceptors (Lipinski definition) is 4. The molecule has 3 N–H and O–H groups in total. The van der Waals surface area contributed by atoms with Crippen molar-refractivity contribution in [2.24, 2.45) is 0 Å². The van der Waals surface area contributed by atoms with Crippen LogP contribution in [-0.4, -0.2) is 11.1 Å². The van der Waals surface area contributed by atoms with Crippen molar-refractivity contribution < 1.29 is 44.6 Å². The zero-order chi connectivity index (χ0) is 9.14. The molecule has 1 atom stereocenters. The number of anilines is 1. The molecule has 0 radical (unpaired) electrons. The molecule has 0 spiro atoms. The number of hydrogen-bond donors (Lipinski definition) is 2. The number of aliphatic carboxylic acids is 1. The van der Waals surface area contributed by atoms with E-state index < -0.39 is 12.1 Å². The number of nitrogen functional groups attached to an aromatic ring is 1. The summed E-state index contributed by atoms with van der Waals surface area (Å²) in [5.41, 5.74) is 6.01. The fraction of sp³-hybridized carbons (Fsp3) is 0.125. The minimum atomic E-state index is -1.60. The molecule has 5 heteroatoms. The van der Waals surface area contributed by atoms with Crippen LogP contribution in [0.1, 0.15) is 11.7 Å². The Hall–Kier alpha value is -0.550. The van der Waals surface area contributed by atoms with Crippen LogP contribution in [0, 0.1) is 0 Å². The number of rotatable bonds is 2. The molecule has 4 nitrogen and oxygen atoms in total. The van der Waals surface area contributed by atoms with Crippen molar-refractivity contribution in [2.75, 3.05) is 5.73 Å². The third kappa shape index (κ3) is 3.36. The molecule has 0 aliphatic heterocycles. The number of aliphatic hydroxyl groups excluding tert-OH is 1. The maximum atomic E-state index is 10.2. The summed E-state index contributed by atoms with van der Waals surface area (Å²) >= 11 is 0. The summed E-state index contributed by atoms with van der Waals surface area (Å²) in [7, 11) is 0. The summed E-state index contributed by atoms with van der Waals surface area (Å²) in [6, 6.07) is 6.03. The van der Waals surface area contributed by atoms with Crippen LogP contribution in [0.15, 0.2) is 24.3 Å². The van der Waals surface area contributed by atoms with Crippen molar-refractivity contribution >= 4 is 11.7 Å². The molecule has 64 valence electrons. The van der Waals surface area contributed by atoms with E-state index in [1.54, 1.807) is 12.1 Å². The normalized spacial score (nSPS) is 11.5. The summed E-state index contributed by atoms with van der Waals surface area (Å²) in [6.45, 7) is 0. The summed E-state index contributed by atoms with van der Waals surface area (Å²) < 4.78 is 0. The number of nitrogens with two attached hydrogens (primary N) is 1. The summed E-state index contributed by atoms with van der Waals surface area (Å²) in [5.74, 6) is -1.53. The first-order valence-electron chi connectivity index (χ1n) is 3.35. The van der Waals surface area contributed by atoms with E-state index in [-0.39, 0.29) is 35.1 Å². The monoisotopic (exact) mass is 189 g/mol. The van der Waals surface area contributed by atoms with Crippen LogP contribution in [0.5, 0.6) is 0 Å². The Kier molecular flexibility index (Phi) is 5.02. The molecule has 0 fully saturated rings. The van der Waals surface area contributed by atoms with Crippen molar-refractivity contribution in [3.8, 4) is 0 Å². The molecular weight excluding hydrogens is 181 g/mol. The molecule has 0 heterocycles. The smallest absolute Gasteiger partial charge is 0.547 e. The van der Waals surface area contributed by atoms with Gasteiger partial charge in [0.15, 0.2) is 0 Å². The first kappa shape index (κ1) is 12.4. The third-order valence-electron chi connectivity index (χ3n) is 1.45. The van der Waals surface area contributed by atoms with E-state index in [4.69, 9.17) is 10.8 Å². The van der Waals surface area contributed by atoms with Gasteiger partial charge in [0.05, 0.1) is 5.97 Å². The average molecular weight is 189 g/mol. The molecule has 0 unspecified atom stereocenters. The van der Waals surface area contributed by atoms with Crippen molar-refractivity contribution in [3.05, 3.63) is 29.8 Å². The van der Waals surface area contributed by atoms with Crippen molar-refractivity contribution in [3.63, 3.8) is 0 Å². The van der Waals surface area contributed by atoms with Crippen molar-refractivity contribution in [2.45, 2.75) is 6.10 Å². The number of carbonyl (C=O) groups is 1. The Morgan fingerprint density at radius 1 is 1.54 bits per heavy atom. The van der Waals surface area contributed by atoms with Gasteiger partial charge in [0.1, 0.15) is 6.10 Å². The van der Waals surface area contributed by atoms with Crippen molar-refractivity contribution in [1.29, 1.82) is 0 Å². The Bertz CT molecular complexity index is 303. The van der Waals surface area contributed by atoms with Crippen LogP contribution < -0.4 is 40.4 Å². The molecule has 0 amide bonds. The first-order chi connectivity index (χ1) is 5.61. The van der Waals surface area contributed by atoms with E-state index in [1.807, 2.05) is 0 Å².